The van der Waals surface area contributed by atoms with Crippen molar-refractivity contribution < 1.29 is 46.1 Å². The molecule has 2 heterocycles. The zero-order chi connectivity index (χ0) is 42.9. The van der Waals surface area contributed by atoms with Crippen LogP contribution in [0.15, 0.2) is 72.8 Å². The van der Waals surface area contributed by atoms with Crippen LogP contribution in [0.25, 0.3) is 11.1 Å². The molecule has 1 aliphatic carbocycles. The molecule has 8 nitrogen and oxygen atoms in total. The molecule has 7 atom stereocenters. The summed E-state index contributed by atoms with van der Waals surface area (Å²) >= 11 is 0. The number of carbonyl (C=O) groups excluding carboxylic acids is 2. The molecule has 2 aliphatic heterocycles. The molecule has 0 spiro atoms. The van der Waals surface area contributed by atoms with Gasteiger partial charge in [0.15, 0.2) is 29.6 Å². The van der Waals surface area contributed by atoms with E-state index >= 15 is 0 Å². The third-order valence-electron chi connectivity index (χ3n) is 12.2. The third kappa shape index (κ3) is 9.29. The summed E-state index contributed by atoms with van der Waals surface area (Å²) in [6.45, 7) is 8.37. The van der Waals surface area contributed by atoms with E-state index in [1.165, 1.54) is 6.42 Å². The second kappa shape index (κ2) is 18.1. The van der Waals surface area contributed by atoms with Gasteiger partial charge in [-0.05, 0) is 86.3 Å². The number of amides is 2. The Bertz CT molecular complexity index is 2150. The summed E-state index contributed by atoms with van der Waals surface area (Å²) in [7, 11) is 0. The predicted octanol–water partition coefficient (Wildman–Crippen LogP) is 9.20. The molecule has 2 amide bonds. The molecule has 0 bridgehead atoms. The minimum atomic E-state index is -2.34. The van der Waals surface area contributed by atoms with Crippen LogP contribution in [0.1, 0.15) is 111 Å². The summed E-state index contributed by atoms with van der Waals surface area (Å²) in [5, 5.41) is 15.2. The van der Waals surface area contributed by atoms with Gasteiger partial charge in [0, 0.05) is 36.2 Å². The van der Waals surface area contributed by atoms with E-state index in [1.807, 2.05) is 75.4 Å². The zero-order valence-electron chi connectivity index (χ0n) is 34.3. The van der Waals surface area contributed by atoms with E-state index in [1.54, 1.807) is 18.2 Å². The number of nitrogens with zero attached hydrogens (tertiary/aromatic N) is 1. The summed E-state index contributed by atoms with van der Waals surface area (Å²) in [5.41, 5.74) is 2.66. The lowest BCUT2D eigenvalue weighted by Crippen LogP contribution is -2.61. The van der Waals surface area contributed by atoms with Crippen LogP contribution in [-0.2, 0) is 27.4 Å². The summed E-state index contributed by atoms with van der Waals surface area (Å²) in [4.78, 5) is 28.9. The molecule has 13 heteroatoms. The number of aliphatic hydroxyl groups is 1. The monoisotopic (exact) mass is 833 g/mol. The van der Waals surface area contributed by atoms with Gasteiger partial charge in [0.25, 0.3) is 5.91 Å². The fourth-order valence-corrected chi connectivity index (χ4v) is 9.03. The van der Waals surface area contributed by atoms with Crippen LogP contribution < -0.4 is 10.6 Å². The highest BCUT2D eigenvalue weighted by Crippen LogP contribution is 2.44. The first kappa shape index (κ1) is 43.4. The maximum atomic E-state index is 14.2. The van der Waals surface area contributed by atoms with Crippen LogP contribution in [0.3, 0.4) is 0 Å². The van der Waals surface area contributed by atoms with Gasteiger partial charge in [-0.1, -0.05) is 86.5 Å². The van der Waals surface area contributed by atoms with Gasteiger partial charge in [0.2, 0.25) is 11.7 Å². The molecule has 60 heavy (non-hydrogen) atoms. The topological polar surface area (TPSA) is 100 Å². The van der Waals surface area contributed by atoms with E-state index in [0.29, 0.717) is 18.0 Å². The first-order chi connectivity index (χ1) is 28.6. The fraction of sp³-hybridized carbons (Fsp3) is 0.447. The van der Waals surface area contributed by atoms with E-state index in [9.17, 15) is 36.6 Å². The number of nitrogens with one attached hydrogen (secondary N) is 2. The number of aliphatic hydroxyl groups excluding tert-OH is 1. The number of piperidine rings is 1. The van der Waals surface area contributed by atoms with Gasteiger partial charge in [-0.15, -0.1) is 0 Å². The minimum absolute atomic E-state index is 0.0439. The van der Waals surface area contributed by atoms with Crippen LogP contribution in [0, 0.1) is 40.9 Å². The summed E-state index contributed by atoms with van der Waals surface area (Å²) < 4.78 is 83.1. The fourth-order valence-electron chi connectivity index (χ4n) is 9.03. The van der Waals surface area contributed by atoms with E-state index in [-0.39, 0.29) is 54.8 Å². The van der Waals surface area contributed by atoms with E-state index in [4.69, 9.17) is 9.47 Å². The van der Waals surface area contributed by atoms with Crippen molar-refractivity contribution >= 4 is 11.8 Å². The number of hydrogen-bond acceptors (Lipinski definition) is 6. The second-order valence-corrected chi connectivity index (χ2v) is 17.4. The number of halogens is 5. The molecule has 3 N–H and O–H groups in total. The molecule has 3 fully saturated rings. The molecule has 0 radical (unpaired) electrons. The van der Waals surface area contributed by atoms with Gasteiger partial charge in [0.1, 0.15) is 5.56 Å². The number of hydrogen-bond donors (Lipinski definition) is 3. The largest absolute Gasteiger partial charge is 0.392 e. The van der Waals surface area contributed by atoms with Crippen molar-refractivity contribution in [3.05, 3.63) is 130 Å². The van der Waals surface area contributed by atoms with E-state index < -0.39 is 46.8 Å². The summed E-state index contributed by atoms with van der Waals surface area (Å²) in [5.74, 6) is -12.1. The number of carbonyl (C=O) groups is 2. The van der Waals surface area contributed by atoms with Gasteiger partial charge in [0.05, 0.1) is 24.9 Å². The van der Waals surface area contributed by atoms with Gasteiger partial charge >= 0.3 is 0 Å². The van der Waals surface area contributed by atoms with Gasteiger partial charge in [-0.25, -0.2) is 22.0 Å². The molecule has 1 saturated carbocycles. The standard InChI is InChI=1S/C47H52F5N3O5/c1-26-36(24-55-34-11-6-5-9-30(34)20-21-35(55)44(57)54-47(2,3)4)59-46(60-43(26)31-14-12-27(25-56)13-15-31)32-18-16-29(17-19-32)33-10-7-8-28(22-33)23-53-45(58)37-38(48)40(50)42(52)41(51)39(37)49/h7-8,10,12-19,22,26,30,34-36,43,46,56H,5-6,9,11,20-21,23-25H2,1-4H3,(H,53,58)(H,54,57)/t26-,30-,34-,35-,36+,43+,46+/m1/s1. The third-order valence-corrected chi connectivity index (χ3v) is 12.2. The minimum Gasteiger partial charge on any atom is -0.392 e. The molecule has 0 aromatic heterocycles. The highest BCUT2D eigenvalue weighted by Gasteiger charge is 2.46. The van der Waals surface area contributed by atoms with Gasteiger partial charge in [-0.2, -0.15) is 0 Å². The number of ether oxygens (including phenoxy) is 2. The molecule has 0 unspecified atom stereocenters. The molecule has 2 saturated heterocycles. The summed E-state index contributed by atoms with van der Waals surface area (Å²) in [6.07, 6.45) is 4.93. The van der Waals surface area contributed by atoms with Crippen molar-refractivity contribution in [3.63, 3.8) is 0 Å². The molecular weight excluding hydrogens is 782 g/mol. The number of fused-ring (bicyclic) bond motifs is 1. The highest BCUT2D eigenvalue weighted by atomic mass is 19.2. The lowest BCUT2D eigenvalue weighted by atomic mass is 9.75. The van der Waals surface area contributed by atoms with Crippen molar-refractivity contribution in [2.75, 3.05) is 6.54 Å². The SMILES string of the molecule is C[C@@H]1[C@H](CN2[C@@H](C(=O)NC(C)(C)C)CC[C@H]3CCCC[C@H]32)O[C@H](c2ccc(-c3cccc(CNC(=O)c4c(F)c(F)c(F)c(F)c4F)c3)cc2)O[C@@H]1c1ccc(CO)cc1. The van der Waals surface area contributed by atoms with E-state index in [0.717, 1.165) is 59.9 Å². The average Bonchev–Trinajstić information content (AvgIpc) is 3.24. The maximum absolute atomic E-state index is 14.2. The lowest BCUT2D eigenvalue weighted by Gasteiger charge is -2.51. The molecule has 3 aliphatic rings. The molecule has 7 rings (SSSR count). The maximum Gasteiger partial charge on any atom is 0.257 e. The van der Waals surface area contributed by atoms with Crippen molar-refractivity contribution in [1.82, 2.24) is 15.5 Å². The number of benzene rings is 4. The van der Waals surface area contributed by atoms with Gasteiger partial charge in [-0.3, -0.25) is 14.5 Å². The van der Waals surface area contributed by atoms with Crippen molar-refractivity contribution in [2.24, 2.45) is 11.8 Å². The average molecular weight is 834 g/mol. The van der Waals surface area contributed by atoms with E-state index in [2.05, 4.69) is 22.5 Å². The Labute approximate surface area is 347 Å². The Hall–Kier alpha value is -4.69. The first-order valence-corrected chi connectivity index (χ1v) is 20.7. The van der Waals surface area contributed by atoms with Crippen LogP contribution in [0.2, 0.25) is 0 Å². The summed E-state index contributed by atoms with van der Waals surface area (Å²) in [6, 6.07) is 22.3. The Kier molecular flexibility index (Phi) is 13.1. The normalized spacial score (nSPS) is 24.7. The lowest BCUT2D eigenvalue weighted by molar-refractivity contribution is -0.278. The second-order valence-electron chi connectivity index (χ2n) is 17.4. The van der Waals surface area contributed by atoms with Gasteiger partial charge < -0.3 is 25.2 Å². The Morgan fingerprint density at radius 1 is 0.767 bits per heavy atom. The Balaban J connectivity index is 1.12. The molecular formula is C47H52F5N3O5. The molecule has 4 aromatic carbocycles. The van der Waals surface area contributed by atoms with Crippen molar-refractivity contribution in [2.45, 2.75) is 115 Å². The van der Waals surface area contributed by atoms with Crippen LogP contribution in [-0.4, -0.2) is 52.1 Å². The molecule has 320 valence electrons. The van der Waals surface area contributed by atoms with Crippen LogP contribution in [0.4, 0.5) is 22.0 Å². The van der Waals surface area contributed by atoms with Crippen LogP contribution in [0.5, 0.6) is 0 Å². The van der Waals surface area contributed by atoms with Crippen molar-refractivity contribution in [3.8, 4) is 11.1 Å². The highest BCUT2D eigenvalue weighted by molar-refractivity contribution is 5.94. The number of rotatable bonds is 10. The smallest absolute Gasteiger partial charge is 0.257 e. The Morgan fingerprint density at radius 3 is 2.08 bits per heavy atom. The van der Waals surface area contributed by atoms with Crippen molar-refractivity contribution in [1.29, 1.82) is 0 Å². The quantitative estimate of drug-likeness (QED) is 0.0838. The Morgan fingerprint density at radius 2 is 1.42 bits per heavy atom. The zero-order valence-corrected chi connectivity index (χ0v) is 34.3. The molecule has 4 aromatic rings. The first-order valence-electron chi connectivity index (χ1n) is 20.7. The van der Waals surface area contributed by atoms with Crippen LogP contribution >= 0.6 is 0 Å². The number of likely N-dealkylation sites (tertiary alicyclic amines) is 1. The predicted molar refractivity (Wildman–Crippen MR) is 216 cm³/mol.